The van der Waals surface area contributed by atoms with Crippen molar-refractivity contribution in [2.75, 3.05) is 13.1 Å². The number of hydrogen-bond acceptors (Lipinski definition) is 4. The quantitative estimate of drug-likeness (QED) is 0.715. The molecule has 6 rings (SSSR count). The summed E-state index contributed by atoms with van der Waals surface area (Å²) >= 11 is 0. The summed E-state index contributed by atoms with van der Waals surface area (Å²) in [6, 6.07) is 16.6. The molecular formula is C26H31N3O2. The van der Waals surface area contributed by atoms with Gasteiger partial charge in [-0.2, -0.15) is 0 Å². The van der Waals surface area contributed by atoms with Crippen LogP contribution >= 0.6 is 0 Å². The molecule has 5 nitrogen and oxygen atoms in total. The molecule has 31 heavy (non-hydrogen) atoms. The first-order chi connectivity index (χ1) is 15.0. The fraction of sp³-hybridized carbons (Fsp3) is 0.500. The number of nitrogens with one attached hydrogen (secondary N) is 1. The van der Waals surface area contributed by atoms with Crippen molar-refractivity contribution in [2.45, 2.75) is 55.8 Å². The van der Waals surface area contributed by atoms with Crippen LogP contribution in [0.25, 0.3) is 0 Å². The van der Waals surface area contributed by atoms with Crippen LogP contribution in [0.3, 0.4) is 0 Å². The summed E-state index contributed by atoms with van der Waals surface area (Å²) in [5.41, 5.74) is 9.06. The molecule has 3 fully saturated rings. The normalized spacial score (nSPS) is 34.6. The van der Waals surface area contributed by atoms with Crippen molar-refractivity contribution in [1.29, 1.82) is 0 Å². The Morgan fingerprint density at radius 3 is 2.52 bits per heavy atom. The molecule has 2 heterocycles. The molecule has 2 aliphatic heterocycles. The van der Waals surface area contributed by atoms with E-state index in [0.29, 0.717) is 5.92 Å². The van der Waals surface area contributed by atoms with E-state index < -0.39 is 11.8 Å². The lowest BCUT2D eigenvalue weighted by atomic mass is 9.73. The standard InChI is InChI=1S/C26H31N3O2/c27-23-21-11-10-18(12-17-6-2-1-3-7-17)13-22(21)26(31,19-8-4-5-9-19)24(30)29(23)25-14-20(25)15-28-16-25/h1-3,6-7,10-11,13,19-20,23,28,31H,4-5,8-9,12,14-16,27H2/t20-,23?,25?,26-/m0/s1. The molecule has 2 aromatic carbocycles. The molecule has 2 aromatic rings. The van der Waals surface area contributed by atoms with Gasteiger partial charge in [-0.3, -0.25) is 4.79 Å². The summed E-state index contributed by atoms with van der Waals surface area (Å²) in [5.74, 6) is 0.250. The van der Waals surface area contributed by atoms with Crippen LogP contribution in [0.2, 0.25) is 0 Å². The molecule has 0 radical (unpaired) electrons. The van der Waals surface area contributed by atoms with Gasteiger partial charge < -0.3 is 21.1 Å². The van der Waals surface area contributed by atoms with E-state index in [4.69, 9.17) is 5.73 Å². The van der Waals surface area contributed by atoms with Crippen LogP contribution in [-0.2, 0) is 16.8 Å². The number of carbonyl (C=O) groups is 1. The molecule has 2 aliphatic carbocycles. The largest absolute Gasteiger partial charge is 0.375 e. The highest BCUT2D eigenvalue weighted by Crippen LogP contribution is 2.57. The van der Waals surface area contributed by atoms with Crippen LogP contribution < -0.4 is 11.1 Å². The SMILES string of the molecule is NC1c2ccc(Cc3ccccc3)cc2[C@@](O)(C2CCCC2)C(=O)N1C12CNC[C@@H]1C2. The number of nitrogens with two attached hydrogens (primary N) is 1. The van der Waals surface area contributed by atoms with E-state index >= 15 is 0 Å². The Labute approximate surface area is 183 Å². The number of hydrogen-bond donors (Lipinski definition) is 3. The molecule has 1 saturated heterocycles. The van der Waals surface area contributed by atoms with Crippen molar-refractivity contribution in [3.05, 3.63) is 70.8 Å². The highest BCUT2D eigenvalue weighted by atomic mass is 16.3. The highest BCUT2D eigenvalue weighted by molar-refractivity contribution is 5.91. The van der Waals surface area contributed by atoms with Gasteiger partial charge in [0, 0.05) is 24.6 Å². The van der Waals surface area contributed by atoms with Gasteiger partial charge in [0.25, 0.3) is 5.91 Å². The number of aliphatic hydroxyl groups is 1. The maximum absolute atomic E-state index is 14.1. The van der Waals surface area contributed by atoms with Crippen LogP contribution in [0, 0.1) is 11.8 Å². The van der Waals surface area contributed by atoms with E-state index in [0.717, 1.165) is 68.3 Å². The predicted octanol–water partition coefficient (Wildman–Crippen LogP) is 2.82. The van der Waals surface area contributed by atoms with Crippen LogP contribution in [0.4, 0.5) is 0 Å². The van der Waals surface area contributed by atoms with Gasteiger partial charge in [0.1, 0.15) is 6.17 Å². The topological polar surface area (TPSA) is 78.6 Å². The van der Waals surface area contributed by atoms with E-state index in [9.17, 15) is 9.90 Å². The van der Waals surface area contributed by atoms with Gasteiger partial charge in [-0.25, -0.2) is 0 Å². The molecule has 2 saturated carbocycles. The fourth-order valence-corrected chi connectivity index (χ4v) is 6.60. The molecule has 4 atom stereocenters. The summed E-state index contributed by atoms with van der Waals surface area (Å²) < 4.78 is 0. The zero-order chi connectivity index (χ0) is 21.2. The maximum Gasteiger partial charge on any atom is 0.261 e. The monoisotopic (exact) mass is 417 g/mol. The average Bonchev–Trinajstić information content (AvgIpc) is 3.15. The first-order valence-electron chi connectivity index (χ1n) is 11.7. The molecular weight excluding hydrogens is 386 g/mol. The van der Waals surface area contributed by atoms with Gasteiger partial charge in [-0.15, -0.1) is 0 Å². The van der Waals surface area contributed by atoms with E-state index in [-0.39, 0.29) is 17.4 Å². The van der Waals surface area contributed by atoms with Crippen molar-refractivity contribution in [2.24, 2.45) is 17.6 Å². The molecule has 2 unspecified atom stereocenters. The molecule has 5 heteroatoms. The number of fused-ring (bicyclic) bond motifs is 2. The van der Waals surface area contributed by atoms with E-state index in [1.807, 2.05) is 23.1 Å². The Kier molecular flexibility index (Phi) is 4.33. The molecule has 4 aliphatic rings. The number of benzene rings is 2. The second-order valence-corrected chi connectivity index (χ2v) is 10.1. The Bertz CT molecular complexity index is 1020. The minimum Gasteiger partial charge on any atom is -0.375 e. The van der Waals surface area contributed by atoms with Crippen molar-refractivity contribution >= 4 is 5.91 Å². The number of carbonyl (C=O) groups excluding carboxylic acids is 1. The molecule has 0 bridgehead atoms. The minimum atomic E-state index is -1.47. The zero-order valence-electron chi connectivity index (χ0n) is 17.9. The third-order valence-corrected chi connectivity index (χ3v) is 8.37. The van der Waals surface area contributed by atoms with Crippen molar-refractivity contribution in [3.8, 4) is 0 Å². The number of amides is 1. The molecule has 0 aromatic heterocycles. The number of rotatable bonds is 4. The number of nitrogens with zero attached hydrogens (tertiary/aromatic N) is 1. The van der Waals surface area contributed by atoms with Gasteiger partial charge in [0.15, 0.2) is 5.60 Å². The Balaban J connectivity index is 1.45. The Morgan fingerprint density at radius 2 is 1.84 bits per heavy atom. The average molecular weight is 418 g/mol. The molecule has 1 amide bonds. The third kappa shape index (κ3) is 2.76. The highest BCUT2D eigenvalue weighted by Gasteiger charge is 2.67. The second kappa shape index (κ2) is 6.89. The van der Waals surface area contributed by atoms with Crippen LogP contribution in [0.1, 0.15) is 60.5 Å². The van der Waals surface area contributed by atoms with Crippen LogP contribution in [-0.4, -0.2) is 34.5 Å². The first-order valence-corrected chi connectivity index (χ1v) is 11.7. The summed E-state index contributed by atoms with van der Waals surface area (Å²) in [6.07, 6.45) is 5.19. The smallest absolute Gasteiger partial charge is 0.261 e. The molecule has 4 N–H and O–H groups in total. The fourth-order valence-electron chi connectivity index (χ4n) is 6.60. The van der Waals surface area contributed by atoms with Crippen LogP contribution in [0.15, 0.2) is 48.5 Å². The van der Waals surface area contributed by atoms with Gasteiger partial charge >= 0.3 is 0 Å². The van der Waals surface area contributed by atoms with Crippen LogP contribution in [0.5, 0.6) is 0 Å². The Morgan fingerprint density at radius 1 is 1.06 bits per heavy atom. The van der Waals surface area contributed by atoms with E-state index in [1.54, 1.807) is 0 Å². The number of piperidine rings is 1. The van der Waals surface area contributed by atoms with Crippen molar-refractivity contribution < 1.29 is 9.90 Å². The molecule has 162 valence electrons. The summed E-state index contributed by atoms with van der Waals surface area (Å²) in [5, 5.41) is 15.6. The predicted molar refractivity (Wildman–Crippen MR) is 119 cm³/mol. The lowest BCUT2D eigenvalue weighted by molar-refractivity contribution is -0.169. The third-order valence-electron chi connectivity index (χ3n) is 8.37. The maximum atomic E-state index is 14.1. The van der Waals surface area contributed by atoms with Crippen molar-refractivity contribution in [3.63, 3.8) is 0 Å². The first kappa shape index (κ1) is 19.5. The van der Waals surface area contributed by atoms with E-state index in [1.165, 1.54) is 5.56 Å². The van der Waals surface area contributed by atoms with Crippen molar-refractivity contribution in [1.82, 2.24) is 10.2 Å². The van der Waals surface area contributed by atoms with Gasteiger partial charge in [0.2, 0.25) is 0 Å². The Hall–Kier alpha value is -2.21. The lowest BCUT2D eigenvalue weighted by Crippen LogP contribution is -2.62. The van der Waals surface area contributed by atoms with E-state index in [2.05, 4.69) is 35.6 Å². The summed E-state index contributed by atoms with van der Waals surface area (Å²) in [6.45, 7) is 1.71. The second-order valence-electron chi connectivity index (χ2n) is 10.1. The van der Waals surface area contributed by atoms with Gasteiger partial charge in [-0.05, 0) is 48.3 Å². The van der Waals surface area contributed by atoms with Gasteiger partial charge in [0.05, 0.1) is 5.54 Å². The van der Waals surface area contributed by atoms with Gasteiger partial charge in [-0.1, -0.05) is 61.4 Å². The lowest BCUT2D eigenvalue weighted by Gasteiger charge is -2.49. The summed E-state index contributed by atoms with van der Waals surface area (Å²) in [4.78, 5) is 15.9. The molecule has 0 spiro atoms. The summed E-state index contributed by atoms with van der Waals surface area (Å²) in [7, 11) is 0. The minimum absolute atomic E-state index is 0.0383. The zero-order valence-corrected chi connectivity index (χ0v) is 17.9.